The number of nitrogens with zero attached hydrogens (tertiary/aromatic N) is 3. The van der Waals surface area contributed by atoms with Gasteiger partial charge in [-0.05, 0) is 58.0 Å². The number of anilines is 1. The van der Waals surface area contributed by atoms with Gasteiger partial charge < -0.3 is 9.30 Å². The second-order valence-electron chi connectivity index (χ2n) is 7.96. The summed E-state index contributed by atoms with van der Waals surface area (Å²) in [5.41, 5.74) is 7.81. The lowest BCUT2D eigenvalue weighted by Gasteiger charge is -2.23. The first-order chi connectivity index (χ1) is 16.1. The number of rotatable bonds is 9. The fraction of sp³-hybridized carbons (Fsp3) is 0.280. The summed E-state index contributed by atoms with van der Waals surface area (Å²) in [5, 5.41) is 4.06. The third kappa shape index (κ3) is 5.85. The van der Waals surface area contributed by atoms with Crippen molar-refractivity contribution in [2.75, 3.05) is 23.7 Å². The number of hydrogen-bond donors (Lipinski definition) is 1. The van der Waals surface area contributed by atoms with E-state index in [2.05, 4.69) is 39.4 Å². The van der Waals surface area contributed by atoms with Crippen LogP contribution in [0.15, 0.2) is 59.7 Å². The van der Waals surface area contributed by atoms with E-state index < -0.39 is 22.5 Å². The van der Waals surface area contributed by atoms with Gasteiger partial charge in [-0.1, -0.05) is 29.8 Å². The van der Waals surface area contributed by atoms with Crippen LogP contribution in [0.3, 0.4) is 0 Å². The maximum absolute atomic E-state index is 12.6. The summed E-state index contributed by atoms with van der Waals surface area (Å²) in [5.74, 6) is -0.185. The van der Waals surface area contributed by atoms with E-state index in [1.165, 1.54) is 5.56 Å². The van der Waals surface area contributed by atoms with Gasteiger partial charge >= 0.3 is 0 Å². The lowest BCUT2D eigenvalue weighted by atomic mass is 10.2. The Bertz CT molecular complexity index is 1290. The summed E-state index contributed by atoms with van der Waals surface area (Å²) in [6.45, 7) is 7.77. The highest BCUT2D eigenvalue weighted by Gasteiger charge is 2.23. The fourth-order valence-corrected chi connectivity index (χ4v) is 4.53. The summed E-state index contributed by atoms with van der Waals surface area (Å²) in [6, 6.07) is 16.9. The molecule has 1 aromatic heterocycles. The first-order valence-electron chi connectivity index (χ1n) is 10.9. The number of benzene rings is 2. The molecule has 0 aliphatic heterocycles. The second-order valence-corrected chi connectivity index (χ2v) is 9.87. The molecule has 9 heteroatoms. The van der Waals surface area contributed by atoms with Crippen molar-refractivity contribution in [2.24, 2.45) is 5.10 Å². The van der Waals surface area contributed by atoms with Crippen LogP contribution in [0, 0.1) is 20.8 Å². The molecule has 34 heavy (non-hydrogen) atoms. The van der Waals surface area contributed by atoms with Crippen LogP contribution in [0.1, 0.15) is 29.4 Å². The topological polar surface area (TPSA) is 93.0 Å². The molecule has 0 saturated carbocycles. The van der Waals surface area contributed by atoms with Crippen LogP contribution in [0.4, 0.5) is 5.69 Å². The van der Waals surface area contributed by atoms with E-state index in [0.717, 1.165) is 33.2 Å². The van der Waals surface area contributed by atoms with Gasteiger partial charge in [-0.25, -0.2) is 13.8 Å². The van der Waals surface area contributed by atoms with Gasteiger partial charge in [0.25, 0.3) is 5.91 Å². The van der Waals surface area contributed by atoms with Gasteiger partial charge in [-0.2, -0.15) is 5.10 Å². The molecule has 2 aromatic carbocycles. The number of nitrogens with one attached hydrogen (secondary N) is 1. The molecular formula is C25H30N4O4S. The summed E-state index contributed by atoms with van der Waals surface area (Å²) < 4.78 is 33.5. The van der Waals surface area contributed by atoms with Crippen molar-refractivity contribution in [1.82, 2.24) is 9.99 Å². The zero-order valence-electron chi connectivity index (χ0n) is 20.1. The molecular weight excluding hydrogens is 452 g/mol. The van der Waals surface area contributed by atoms with Crippen molar-refractivity contribution in [2.45, 2.75) is 27.7 Å². The minimum atomic E-state index is -3.74. The molecule has 3 rings (SSSR count). The number of sulfonamides is 1. The minimum Gasteiger partial charge on any atom is -0.492 e. The Morgan fingerprint density at radius 1 is 1.12 bits per heavy atom. The quantitative estimate of drug-likeness (QED) is 0.372. The molecule has 0 unspecified atom stereocenters. The summed E-state index contributed by atoms with van der Waals surface area (Å²) in [6.07, 6.45) is 2.61. The van der Waals surface area contributed by atoms with Gasteiger partial charge in [0.2, 0.25) is 10.0 Å². The molecule has 0 bridgehead atoms. The Morgan fingerprint density at radius 3 is 2.44 bits per heavy atom. The minimum absolute atomic E-state index is 0.299. The monoisotopic (exact) mass is 482 g/mol. The predicted octanol–water partition coefficient (Wildman–Crippen LogP) is 3.72. The Hall–Kier alpha value is -3.59. The van der Waals surface area contributed by atoms with Crippen molar-refractivity contribution in [3.63, 3.8) is 0 Å². The lowest BCUT2D eigenvalue weighted by Crippen LogP contribution is -2.39. The van der Waals surface area contributed by atoms with Crippen molar-refractivity contribution in [3.05, 3.63) is 77.1 Å². The van der Waals surface area contributed by atoms with Gasteiger partial charge in [0.1, 0.15) is 12.3 Å². The first kappa shape index (κ1) is 25.0. The van der Waals surface area contributed by atoms with E-state index in [-0.39, 0.29) is 0 Å². The molecule has 0 fully saturated rings. The number of ether oxygens (including phenoxy) is 1. The van der Waals surface area contributed by atoms with Crippen LogP contribution in [0.2, 0.25) is 0 Å². The molecule has 180 valence electrons. The molecule has 1 amide bonds. The second kappa shape index (κ2) is 10.6. The zero-order chi connectivity index (χ0) is 24.9. The number of para-hydroxylation sites is 2. The van der Waals surface area contributed by atoms with Crippen LogP contribution in [0.25, 0.3) is 5.69 Å². The third-order valence-corrected chi connectivity index (χ3v) is 6.40. The number of aromatic nitrogens is 1. The average molecular weight is 483 g/mol. The zero-order valence-corrected chi connectivity index (χ0v) is 20.9. The molecule has 1 heterocycles. The highest BCUT2D eigenvalue weighted by Crippen LogP contribution is 2.29. The Morgan fingerprint density at radius 2 is 1.79 bits per heavy atom. The first-order valence-corrected chi connectivity index (χ1v) is 12.7. The van der Waals surface area contributed by atoms with E-state index in [0.29, 0.717) is 18.0 Å². The smallest absolute Gasteiger partial charge is 0.260 e. The van der Waals surface area contributed by atoms with Crippen LogP contribution in [0.5, 0.6) is 5.75 Å². The Balaban J connectivity index is 1.76. The van der Waals surface area contributed by atoms with Gasteiger partial charge in [-0.3, -0.25) is 9.10 Å². The normalized spacial score (nSPS) is 11.6. The maximum Gasteiger partial charge on any atom is 0.260 e. The molecule has 3 aromatic rings. The maximum atomic E-state index is 12.6. The summed E-state index contributed by atoms with van der Waals surface area (Å²) >= 11 is 0. The SMILES string of the molecule is CCOc1ccccc1N(CC(=O)N/N=C/c1cc(C)n(-c2ccc(C)cc2)c1C)S(C)(=O)=O. The third-order valence-electron chi connectivity index (χ3n) is 5.28. The van der Waals surface area contributed by atoms with Crippen molar-refractivity contribution < 1.29 is 17.9 Å². The number of amides is 1. The molecule has 8 nitrogen and oxygen atoms in total. The predicted molar refractivity (Wildman–Crippen MR) is 136 cm³/mol. The average Bonchev–Trinajstić information content (AvgIpc) is 3.06. The molecule has 0 aliphatic carbocycles. The number of hydrogen-bond acceptors (Lipinski definition) is 5. The van der Waals surface area contributed by atoms with Crippen LogP contribution >= 0.6 is 0 Å². The fourth-order valence-electron chi connectivity index (χ4n) is 3.67. The van der Waals surface area contributed by atoms with Gasteiger partial charge in [-0.15, -0.1) is 0 Å². The van der Waals surface area contributed by atoms with E-state index in [1.807, 2.05) is 26.8 Å². The standard InChI is InChI=1S/C25H30N4O4S/c1-6-33-24-10-8-7-9-23(24)28(34(5,31)32)17-25(30)27-26-16-21-15-19(3)29(20(21)4)22-13-11-18(2)12-14-22/h7-16H,6,17H2,1-5H3,(H,27,30)/b26-16+. The van der Waals surface area contributed by atoms with Gasteiger partial charge in [0, 0.05) is 22.6 Å². The van der Waals surface area contributed by atoms with Crippen molar-refractivity contribution >= 4 is 27.8 Å². The van der Waals surface area contributed by atoms with E-state index in [9.17, 15) is 13.2 Å². The van der Waals surface area contributed by atoms with Gasteiger partial charge in [0.15, 0.2) is 0 Å². The molecule has 1 N–H and O–H groups in total. The van der Waals surface area contributed by atoms with E-state index in [1.54, 1.807) is 37.4 Å². The van der Waals surface area contributed by atoms with Crippen LogP contribution < -0.4 is 14.5 Å². The Kier molecular flexibility index (Phi) is 7.78. The molecule has 0 aliphatic rings. The summed E-state index contributed by atoms with van der Waals surface area (Å²) in [4.78, 5) is 12.6. The van der Waals surface area contributed by atoms with Crippen molar-refractivity contribution in [3.8, 4) is 11.4 Å². The van der Waals surface area contributed by atoms with Crippen molar-refractivity contribution in [1.29, 1.82) is 0 Å². The largest absolute Gasteiger partial charge is 0.492 e. The highest BCUT2D eigenvalue weighted by atomic mass is 32.2. The molecule has 0 spiro atoms. The molecule has 0 atom stereocenters. The van der Waals surface area contributed by atoms with E-state index >= 15 is 0 Å². The lowest BCUT2D eigenvalue weighted by molar-refractivity contribution is -0.119. The van der Waals surface area contributed by atoms with Crippen LogP contribution in [-0.2, 0) is 14.8 Å². The number of carbonyl (C=O) groups is 1. The van der Waals surface area contributed by atoms with E-state index in [4.69, 9.17) is 4.74 Å². The Labute approximate surface area is 200 Å². The summed E-state index contributed by atoms with van der Waals surface area (Å²) in [7, 11) is -3.74. The van der Waals surface area contributed by atoms with Crippen LogP contribution in [-0.4, -0.2) is 44.5 Å². The number of aryl methyl sites for hydroxylation is 2. The molecule has 0 radical (unpaired) electrons. The number of hydrazone groups is 1. The highest BCUT2D eigenvalue weighted by molar-refractivity contribution is 7.92. The molecule has 0 saturated heterocycles. The number of carbonyl (C=O) groups excluding carboxylic acids is 1. The van der Waals surface area contributed by atoms with Gasteiger partial charge in [0.05, 0.1) is 24.8 Å².